The van der Waals surface area contributed by atoms with Gasteiger partial charge in [-0.25, -0.2) is 4.79 Å². The lowest BCUT2D eigenvalue weighted by molar-refractivity contribution is -0.110. The molecule has 0 aliphatic rings. The minimum atomic E-state index is -0.711. The summed E-state index contributed by atoms with van der Waals surface area (Å²) in [7, 11) is 0. The molecule has 108 valence electrons. The SMILES string of the molecule is C=CC(=O)C=Cc1ccccc1.CCOC(N)=O.F.[Si]. The Morgan fingerprint density at radius 2 is 1.85 bits per heavy atom. The van der Waals surface area contributed by atoms with E-state index in [9.17, 15) is 9.59 Å². The van der Waals surface area contributed by atoms with Crippen molar-refractivity contribution in [1.29, 1.82) is 0 Å². The maximum absolute atomic E-state index is 10.8. The maximum Gasteiger partial charge on any atom is 0.404 e. The van der Waals surface area contributed by atoms with Crippen LogP contribution in [0.3, 0.4) is 0 Å². The average Bonchev–Trinajstić information content (AvgIpc) is 2.37. The summed E-state index contributed by atoms with van der Waals surface area (Å²) >= 11 is 0. The van der Waals surface area contributed by atoms with E-state index >= 15 is 0 Å². The molecule has 0 saturated heterocycles. The van der Waals surface area contributed by atoms with Crippen molar-refractivity contribution in [1.82, 2.24) is 0 Å². The Labute approximate surface area is 122 Å². The molecule has 0 unspecified atom stereocenters. The molecule has 1 rings (SSSR count). The molecule has 20 heavy (non-hydrogen) atoms. The standard InChI is InChI=1S/C11H10O.C3H7NO2.FH.Si/c1-2-11(12)9-8-10-6-4-3-5-7-10;1-2-6-3(4)5;;/h2-9H,1H2;2H2,1H3,(H2,4,5);1H;. The Morgan fingerprint density at radius 3 is 2.20 bits per heavy atom. The molecule has 0 aliphatic carbocycles. The molecule has 0 saturated carbocycles. The normalized spacial score (nSPS) is 8.25. The highest BCUT2D eigenvalue weighted by molar-refractivity contribution is 6.01. The second kappa shape index (κ2) is 14.8. The van der Waals surface area contributed by atoms with Gasteiger partial charge in [-0.3, -0.25) is 9.50 Å². The number of nitrogens with two attached hydrogens (primary N) is 1. The van der Waals surface area contributed by atoms with Crippen molar-refractivity contribution in [3.05, 3.63) is 54.6 Å². The third kappa shape index (κ3) is 13.9. The first-order valence-corrected chi connectivity index (χ1v) is 5.42. The van der Waals surface area contributed by atoms with E-state index in [-0.39, 0.29) is 21.5 Å². The van der Waals surface area contributed by atoms with Gasteiger partial charge in [0.05, 0.1) is 6.61 Å². The lowest BCUT2D eigenvalue weighted by Crippen LogP contribution is -2.11. The number of allylic oxidation sites excluding steroid dienone is 2. The molecule has 0 fully saturated rings. The summed E-state index contributed by atoms with van der Waals surface area (Å²) in [5.41, 5.74) is 5.56. The predicted molar refractivity (Wildman–Crippen MR) is 80.1 cm³/mol. The number of ether oxygens (including phenoxy) is 1. The van der Waals surface area contributed by atoms with Gasteiger partial charge in [-0.15, -0.1) is 0 Å². The van der Waals surface area contributed by atoms with Crippen molar-refractivity contribution in [3.8, 4) is 0 Å². The highest BCUT2D eigenvalue weighted by atomic mass is 28.1. The zero-order valence-electron chi connectivity index (χ0n) is 11.2. The van der Waals surface area contributed by atoms with Gasteiger partial charge in [-0.05, 0) is 24.6 Å². The Balaban J connectivity index is -0.000000316. The molecule has 4 nitrogen and oxygen atoms in total. The first-order chi connectivity index (χ1) is 8.60. The van der Waals surface area contributed by atoms with Crippen molar-refractivity contribution in [2.75, 3.05) is 6.61 Å². The smallest absolute Gasteiger partial charge is 0.404 e. The fourth-order valence-corrected chi connectivity index (χ4v) is 0.953. The largest absolute Gasteiger partial charge is 0.450 e. The molecule has 4 radical (unpaired) electrons. The Kier molecular flexibility index (Phi) is 17.0. The van der Waals surface area contributed by atoms with Crippen LogP contribution in [0.5, 0.6) is 0 Å². The first-order valence-electron chi connectivity index (χ1n) is 5.42. The molecule has 1 aromatic carbocycles. The highest BCUT2D eigenvalue weighted by Crippen LogP contribution is 2.00. The van der Waals surface area contributed by atoms with Crippen LogP contribution in [0, 0.1) is 0 Å². The topological polar surface area (TPSA) is 69.4 Å². The molecule has 1 amide bonds. The number of hydrogen-bond donors (Lipinski definition) is 1. The van der Waals surface area contributed by atoms with Crippen LogP contribution in [0.1, 0.15) is 12.5 Å². The van der Waals surface area contributed by atoms with Gasteiger partial charge in [0, 0.05) is 11.0 Å². The van der Waals surface area contributed by atoms with Crippen LogP contribution in [0.25, 0.3) is 6.08 Å². The summed E-state index contributed by atoms with van der Waals surface area (Å²) in [5, 5.41) is 0. The molecule has 0 aliphatic heterocycles. The molecular weight excluding hydrogens is 277 g/mol. The van der Waals surface area contributed by atoms with Crippen molar-refractivity contribution >= 4 is 28.9 Å². The summed E-state index contributed by atoms with van der Waals surface area (Å²) in [5.74, 6) is -0.0705. The van der Waals surface area contributed by atoms with E-state index in [0.717, 1.165) is 5.56 Å². The Bertz CT molecular complexity index is 422. The molecule has 0 spiro atoms. The Morgan fingerprint density at radius 1 is 1.30 bits per heavy atom. The first kappa shape index (κ1) is 22.9. The van der Waals surface area contributed by atoms with E-state index < -0.39 is 6.09 Å². The Hall–Kier alpha value is -2.21. The van der Waals surface area contributed by atoms with E-state index in [1.165, 1.54) is 12.2 Å². The number of carbonyl (C=O) groups is 2. The summed E-state index contributed by atoms with van der Waals surface area (Å²) in [6.45, 7) is 5.43. The van der Waals surface area contributed by atoms with Crippen molar-refractivity contribution in [3.63, 3.8) is 0 Å². The van der Waals surface area contributed by atoms with E-state index in [2.05, 4.69) is 17.0 Å². The molecule has 1 aromatic rings. The summed E-state index contributed by atoms with van der Waals surface area (Å²) in [6.07, 6.45) is 3.85. The van der Waals surface area contributed by atoms with E-state index in [1.807, 2.05) is 30.3 Å². The monoisotopic (exact) mass is 295 g/mol. The summed E-state index contributed by atoms with van der Waals surface area (Å²) in [4.78, 5) is 20.4. The van der Waals surface area contributed by atoms with Gasteiger partial charge in [-0.2, -0.15) is 0 Å². The van der Waals surface area contributed by atoms with Crippen LogP contribution >= 0.6 is 0 Å². The lowest BCUT2D eigenvalue weighted by Gasteiger charge is -1.89. The molecule has 2 N–H and O–H groups in total. The van der Waals surface area contributed by atoms with E-state index in [0.29, 0.717) is 6.61 Å². The zero-order chi connectivity index (χ0) is 13.8. The lowest BCUT2D eigenvalue weighted by atomic mass is 10.2. The van der Waals surface area contributed by atoms with Crippen LogP contribution in [-0.4, -0.2) is 29.4 Å². The molecule has 0 heterocycles. The van der Waals surface area contributed by atoms with Crippen LogP contribution in [0.4, 0.5) is 9.50 Å². The third-order valence-corrected chi connectivity index (χ3v) is 1.73. The van der Waals surface area contributed by atoms with Gasteiger partial charge < -0.3 is 10.5 Å². The van der Waals surface area contributed by atoms with Gasteiger partial charge in [-0.1, -0.05) is 43.0 Å². The van der Waals surface area contributed by atoms with Crippen molar-refractivity contribution in [2.24, 2.45) is 5.73 Å². The van der Waals surface area contributed by atoms with Crippen LogP contribution < -0.4 is 5.73 Å². The number of halogens is 1. The molecular formula is C14H18FNO3Si. The predicted octanol–water partition coefficient (Wildman–Crippen LogP) is 2.33. The van der Waals surface area contributed by atoms with Crippen LogP contribution in [0.15, 0.2) is 49.1 Å². The zero-order valence-corrected chi connectivity index (χ0v) is 12.2. The number of hydrogen-bond acceptors (Lipinski definition) is 3. The van der Waals surface area contributed by atoms with Gasteiger partial charge in [0.1, 0.15) is 0 Å². The highest BCUT2D eigenvalue weighted by Gasteiger charge is 1.86. The van der Waals surface area contributed by atoms with Gasteiger partial charge in [0.15, 0.2) is 5.78 Å². The van der Waals surface area contributed by atoms with Gasteiger partial charge >= 0.3 is 6.09 Å². The van der Waals surface area contributed by atoms with E-state index in [1.54, 1.807) is 13.0 Å². The second-order valence-corrected chi connectivity index (χ2v) is 3.10. The van der Waals surface area contributed by atoms with Crippen molar-refractivity contribution in [2.45, 2.75) is 6.92 Å². The molecule has 0 atom stereocenters. The number of benzene rings is 1. The third-order valence-electron chi connectivity index (χ3n) is 1.73. The quantitative estimate of drug-likeness (QED) is 0.684. The fourth-order valence-electron chi connectivity index (χ4n) is 0.953. The maximum atomic E-state index is 10.8. The van der Waals surface area contributed by atoms with E-state index in [4.69, 9.17) is 0 Å². The number of rotatable bonds is 4. The van der Waals surface area contributed by atoms with Gasteiger partial charge in [0.25, 0.3) is 0 Å². The van der Waals surface area contributed by atoms with Gasteiger partial charge in [0.2, 0.25) is 0 Å². The second-order valence-electron chi connectivity index (χ2n) is 3.10. The number of carbonyl (C=O) groups excluding carboxylic acids is 2. The van der Waals surface area contributed by atoms with Crippen molar-refractivity contribution < 1.29 is 19.0 Å². The minimum absolute atomic E-state index is 0. The number of primary amides is 1. The van der Waals surface area contributed by atoms with Crippen LogP contribution in [-0.2, 0) is 9.53 Å². The van der Waals surface area contributed by atoms with Crippen LogP contribution in [0.2, 0.25) is 0 Å². The average molecular weight is 295 g/mol. The number of amides is 1. The summed E-state index contributed by atoms with van der Waals surface area (Å²) < 4.78 is 4.18. The minimum Gasteiger partial charge on any atom is -0.450 e. The molecule has 6 heteroatoms. The molecule has 0 bridgehead atoms. The fraction of sp³-hybridized carbons (Fsp3) is 0.143. The summed E-state index contributed by atoms with van der Waals surface area (Å²) in [6, 6.07) is 9.67. The molecule has 0 aromatic heterocycles. The number of ketones is 1.